The summed E-state index contributed by atoms with van der Waals surface area (Å²) in [6.45, 7) is 2.97. The number of Topliss-reactive ketones (excluding diaryl/α,β-unsaturated/α-hetero) is 1. The van der Waals surface area contributed by atoms with Crippen LogP contribution in [-0.4, -0.2) is 36.9 Å². The summed E-state index contributed by atoms with van der Waals surface area (Å²) in [6, 6.07) is 16.6. The Morgan fingerprint density at radius 1 is 1.11 bits per heavy atom. The number of amides is 1. The van der Waals surface area contributed by atoms with Crippen LogP contribution in [0.3, 0.4) is 0 Å². The van der Waals surface area contributed by atoms with Crippen LogP contribution in [0.15, 0.2) is 54.6 Å². The van der Waals surface area contributed by atoms with E-state index in [1.807, 2.05) is 42.5 Å². The van der Waals surface area contributed by atoms with Gasteiger partial charge in [-0.15, -0.1) is 0 Å². The van der Waals surface area contributed by atoms with Gasteiger partial charge in [-0.3, -0.25) is 9.59 Å². The van der Waals surface area contributed by atoms with Gasteiger partial charge < -0.3 is 15.0 Å². The Kier molecular flexibility index (Phi) is 5.86. The van der Waals surface area contributed by atoms with Crippen LogP contribution < -0.4 is 10.2 Å². The fourth-order valence-electron chi connectivity index (χ4n) is 3.20. The number of hydrogen-bond acceptors (Lipinski definition) is 5. The van der Waals surface area contributed by atoms with E-state index in [0.717, 1.165) is 11.3 Å². The monoisotopic (exact) mass is 366 g/mol. The highest BCUT2D eigenvalue weighted by Crippen LogP contribution is 2.27. The normalized spacial score (nSPS) is 16.3. The van der Waals surface area contributed by atoms with Crippen molar-refractivity contribution in [2.75, 3.05) is 18.1 Å². The third kappa shape index (κ3) is 4.34. The predicted octanol–water partition coefficient (Wildman–Crippen LogP) is 2.33. The van der Waals surface area contributed by atoms with Gasteiger partial charge in [-0.25, -0.2) is 4.79 Å². The van der Waals surface area contributed by atoms with Crippen molar-refractivity contribution in [2.24, 2.45) is 0 Å². The smallest absolute Gasteiger partial charge is 0.396 e. The van der Waals surface area contributed by atoms with E-state index in [1.165, 1.54) is 0 Å². The van der Waals surface area contributed by atoms with Gasteiger partial charge in [0, 0.05) is 24.3 Å². The largest absolute Gasteiger partial charge is 0.459 e. The Bertz CT molecular complexity index is 835. The molecule has 6 heteroatoms. The maximum Gasteiger partial charge on any atom is 0.396 e. The maximum absolute atomic E-state index is 13.0. The summed E-state index contributed by atoms with van der Waals surface area (Å²) in [5, 5.41) is 2.53. The molecule has 1 atom stereocenters. The zero-order valence-corrected chi connectivity index (χ0v) is 15.2. The molecule has 0 radical (unpaired) electrons. The number of esters is 1. The Morgan fingerprint density at radius 3 is 2.56 bits per heavy atom. The number of carbonyl (C=O) groups excluding carboxylic acids is 3. The molecular formula is C21H22N2O4. The van der Waals surface area contributed by atoms with E-state index in [-0.39, 0.29) is 12.4 Å². The summed E-state index contributed by atoms with van der Waals surface area (Å²) in [4.78, 5) is 38.7. The number of carbonyl (C=O) groups is 3. The Hall–Kier alpha value is -3.15. The van der Waals surface area contributed by atoms with E-state index >= 15 is 0 Å². The van der Waals surface area contributed by atoms with Gasteiger partial charge in [0.25, 0.3) is 0 Å². The lowest BCUT2D eigenvalue weighted by Gasteiger charge is -2.24. The number of anilines is 1. The van der Waals surface area contributed by atoms with Crippen LogP contribution >= 0.6 is 0 Å². The van der Waals surface area contributed by atoms with E-state index in [4.69, 9.17) is 4.74 Å². The molecule has 1 amide bonds. The van der Waals surface area contributed by atoms with Crippen molar-refractivity contribution < 1.29 is 19.1 Å². The number of benzene rings is 2. The first-order valence-electron chi connectivity index (χ1n) is 9.00. The van der Waals surface area contributed by atoms with Gasteiger partial charge in [-0.2, -0.15) is 0 Å². The van der Waals surface area contributed by atoms with Crippen molar-refractivity contribution >= 4 is 23.3 Å². The molecule has 0 fully saturated rings. The van der Waals surface area contributed by atoms with Gasteiger partial charge >= 0.3 is 11.9 Å². The number of fused-ring (bicyclic) bond motifs is 1. The van der Waals surface area contributed by atoms with Crippen LogP contribution in [0, 0.1) is 0 Å². The molecule has 1 N–H and O–H groups in total. The maximum atomic E-state index is 13.0. The standard InChI is InChI=1S/C21H22N2O4/c1-2-27-21(26)20(25)22-17-12-13-23(14-15-8-4-3-5-9-15)18-11-7-6-10-16(18)19(17)24/h3-11,17H,2,12-14H2,1H3,(H,22,25). The summed E-state index contributed by atoms with van der Waals surface area (Å²) in [7, 11) is 0. The summed E-state index contributed by atoms with van der Waals surface area (Å²) < 4.78 is 4.71. The molecule has 1 aliphatic heterocycles. The number of para-hydroxylation sites is 1. The molecule has 0 saturated carbocycles. The lowest BCUT2D eigenvalue weighted by atomic mass is 10.0. The van der Waals surface area contributed by atoms with Crippen molar-refractivity contribution in [1.82, 2.24) is 5.32 Å². The quantitative estimate of drug-likeness (QED) is 0.664. The lowest BCUT2D eigenvalue weighted by molar-refractivity contribution is -0.154. The molecule has 2 aromatic carbocycles. The van der Waals surface area contributed by atoms with Gasteiger partial charge in [0.1, 0.15) is 0 Å². The molecule has 2 aromatic rings. The molecule has 0 aliphatic carbocycles. The van der Waals surface area contributed by atoms with E-state index in [2.05, 4.69) is 10.2 Å². The van der Waals surface area contributed by atoms with E-state index in [1.54, 1.807) is 19.1 Å². The van der Waals surface area contributed by atoms with Gasteiger partial charge in [0.05, 0.1) is 12.6 Å². The minimum atomic E-state index is -0.969. The summed E-state index contributed by atoms with van der Waals surface area (Å²) >= 11 is 0. The number of ketones is 1. The number of rotatable bonds is 4. The fraction of sp³-hybridized carbons (Fsp3) is 0.286. The second kappa shape index (κ2) is 8.49. The number of hydrogen-bond donors (Lipinski definition) is 1. The molecule has 0 aromatic heterocycles. The first-order chi connectivity index (χ1) is 13.1. The molecule has 1 heterocycles. The van der Waals surface area contributed by atoms with Crippen LogP contribution in [0.5, 0.6) is 0 Å². The molecule has 1 unspecified atom stereocenters. The Labute approximate surface area is 158 Å². The Morgan fingerprint density at radius 2 is 1.81 bits per heavy atom. The van der Waals surface area contributed by atoms with Gasteiger partial charge in [0.2, 0.25) is 0 Å². The minimum absolute atomic E-state index is 0.110. The first-order valence-corrected chi connectivity index (χ1v) is 9.00. The minimum Gasteiger partial charge on any atom is -0.459 e. The van der Waals surface area contributed by atoms with Crippen molar-refractivity contribution in [3.05, 3.63) is 65.7 Å². The molecule has 27 heavy (non-hydrogen) atoms. The van der Waals surface area contributed by atoms with Crippen molar-refractivity contribution in [2.45, 2.75) is 25.9 Å². The van der Waals surface area contributed by atoms with E-state index in [9.17, 15) is 14.4 Å². The zero-order valence-electron chi connectivity index (χ0n) is 15.2. The molecular weight excluding hydrogens is 344 g/mol. The zero-order chi connectivity index (χ0) is 19.2. The fourth-order valence-corrected chi connectivity index (χ4v) is 3.20. The molecule has 140 valence electrons. The number of ether oxygens (including phenoxy) is 1. The molecule has 0 spiro atoms. The average Bonchev–Trinajstić information content (AvgIpc) is 2.81. The summed E-state index contributed by atoms with van der Waals surface area (Å²) in [5.41, 5.74) is 2.51. The third-order valence-electron chi connectivity index (χ3n) is 4.50. The van der Waals surface area contributed by atoms with Crippen LogP contribution in [0.25, 0.3) is 0 Å². The molecule has 0 bridgehead atoms. The Balaban J connectivity index is 1.83. The average molecular weight is 366 g/mol. The number of nitrogens with one attached hydrogen (secondary N) is 1. The molecule has 3 rings (SSSR count). The first kappa shape index (κ1) is 18.6. The van der Waals surface area contributed by atoms with Gasteiger partial charge in [-0.1, -0.05) is 42.5 Å². The summed E-state index contributed by atoms with van der Waals surface area (Å²) in [6.07, 6.45) is 0.408. The van der Waals surface area contributed by atoms with Crippen molar-refractivity contribution in [3.63, 3.8) is 0 Å². The SMILES string of the molecule is CCOC(=O)C(=O)NC1CCN(Cc2ccccc2)c2ccccc2C1=O. The second-order valence-electron chi connectivity index (χ2n) is 6.32. The van der Waals surface area contributed by atoms with Crippen molar-refractivity contribution in [1.29, 1.82) is 0 Å². The van der Waals surface area contributed by atoms with Gasteiger partial charge in [-0.05, 0) is 31.0 Å². The van der Waals surface area contributed by atoms with Gasteiger partial charge in [0.15, 0.2) is 5.78 Å². The lowest BCUT2D eigenvalue weighted by Crippen LogP contribution is -2.44. The highest BCUT2D eigenvalue weighted by atomic mass is 16.5. The predicted molar refractivity (Wildman–Crippen MR) is 101 cm³/mol. The number of nitrogens with zero attached hydrogens (tertiary/aromatic N) is 1. The highest BCUT2D eigenvalue weighted by Gasteiger charge is 2.31. The van der Waals surface area contributed by atoms with Crippen LogP contribution in [0.1, 0.15) is 29.3 Å². The second-order valence-corrected chi connectivity index (χ2v) is 6.32. The van der Waals surface area contributed by atoms with Crippen LogP contribution in [0.2, 0.25) is 0 Å². The molecule has 0 saturated heterocycles. The highest BCUT2D eigenvalue weighted by molar-refractivity contribution is 6.33. The molecule has 1 aliphatic rings. The topological polar surface area (TPSA) is 75.7 Å². The van der Waals surface area contributed by atoms with E-state index < -0.39 is 17.9 Å². The van der Waals surface area contributed by atoms with E-state index in [0.29, 0.717) is 25.1 Å². The molecule has 6 nitrogen and oxygen atoms in total. The third-order valence-corrected chi connectivity index (χ3v) is 4.50. The van der Waals surface area contributed by atoms with Crippen LogP contribution in [0.4, 0.5) is 5.69 Å². The van der Waals surface area contributed by atoms with Crippen molar-refractivity contribution in [3.8, 4) is 0 Å². The van der Waals surface area contributed by atoms with Crippen LogP contribution in [-0.2, 0) is 20.9 Å². The summed E-state index contributed by atoms with van der Waals surface area (Å²) in [5.74, 6) is -2.05.